The zero-order valence-electron chi connectivity index (χ0n) is 10.9. The highest BCUT2D eigenvalue weighted by atomic mass is 79.9. The van der Waals surface area contributed by atoms with E-state index in [4.69, 9.17) is 0 Å². The summed E-state index contributed by atoms with van der Waals surface area (Å²) < 4.78 is 39.7. The molecule has 1 aromatic carbocycles. The van der Waals surface area contributed by atoms with Gasteiger partial charge in [0.25, 0.3) is 0 Å². The SMILES string of the molecule is CNC(C)c1ccc(-n2cc(C(F)(F)F)cn2)cc1Br. The van der Waals surface area contributed by atoms with E-state index < -0.39 is 11.7 Å². The van der Waals surface area contributed by atoms with Crippen molar-refractivity contribution in [3.05, 3.63) is 46.2 Å². The molecule has 1 atom stereocenters. The summed E-state index contributed by atoms with van der Waals surface area (Å²) >= 11 is 3.43. The van der Waals surface area contributed by atoms with Crippen LogP contribution in [0.4, 0.5) is 13.2 Å². The molecule has 0 saturated heterocycles. The molecule has 1 heterocycles. The predicted octanol–water partition coefficient (Wildman–Crippen LogP) is 3.93. The highest BCUT2D eigenvalue weighted by Crippen LogP contribution is 2.30. The molecule has 3 nitrogen and oxygen atoms in total. The molecule has 0 fully saturated rings. The van der Waals surface area contributed by atoms with E-state index in [1.54, 1.807) is 12.1 Å². The van der Waals surface area contributed by atoms with E-state index in [9.17, 15) is 13.2 Å². The molecule has 20 heavy (non-hydrogen) atoms. The summed E-state index contributed by atoms with van der Waals surface area (Å²) in [5.74, 6) is 0. The molecule has 1 N–H and O–H groups in total. The molecule has 2 aromatic rings. The van der Waals surface area contributed by atoms with Gasteiger partial charge in [-0.05, 0) is 31.7 Å². The normalized spacial score (nSPS) is 13.5. The zero-order valence-corrected chi connectivity index (χ0v) is 12.5. The first kappa shape index (κ1) is 15.1. The van der Waals surface area contributed by atoms with Gasteiger partial charge in [0.2, 0.25) is 0 Å². The van der Waals surface area contributed by atoms with Gasteiger partial charge in [-0.2, -0.15) is 18.3 Å². The first-order valence-corrected chi connectivity index (χ1v) is 6.71. The summed E-state index contributed by atoms with van der Waals surface area (Å²) in [6.45, 7) is 2.00. The maximum Gasteiger partial charge on any atom is 0.419 e. The third-order valence-electron chi connectivity index (χ3n) is 3.06. The topological polar surface area (TPSA) is 29.9 Å². The van der Waals surface area contributed by atoms with Crippen molar-refractivity contribution < 1.29 is 13.2 Å². The van der Waals surface area contributed by atoms with Crippen LogP contribution in [-0.2, 0) is 6.18 Å². The van der Waals surface area contributed by atoms with E-state index >= 15 is 0 Å². The first-order chi connectivity index (χ1) is 9.32. The number of benzene rings is 1. The fourth-order valence-electron chi connectivity index (χ4n) is 1.78. The zero-order chi connectivity index (χ0) is 14.9. The molecule has 1 aromatic heterocycles. The standard InChI is InChI=1S/C13H13BrF3N3/c1-8(18-2)11-4-3-10(5-12(11)14)20-7-9(6-19-20)13(15,16)17/h3-8,18H,1-2H3. The van der Waals surface area contributed by atoms with Crippen LogP contribution in [0.15, 0.2) is 35.1 Å². The van der Waals surface area contributed by atoms with E-state index in [2.05, 4.69) is 26.3 Å². The Bertz CT molecular complexity index is 607. The van der Waals surface area contributed by atoms with Gasteiger partial charge in [0.1, 0.15) is 0 Å². The molecule has 108 valence electrons. The van der Waals surface area contributed by atoms with Crippen LogP contribution >= 0.6 is 15.9 Å². The monoisotopic (exact) mass is 347 g/mol. The molecule has 7 heteroatoms. The maximum absolute atomic E-state index is 12.5. The lowest BCUT2D eigenvalue weighted by molar-refractivity contribution is -0.137. The molecule has 0 aliphatic carbocycles. The molecule has 0 amide bonds. The Morgan fingerprint density at radius 1 is 1.35 bits per heavy atom. The Labute approximate surface area is 122 Å². The minimum absolute atomic E-state index is 0.141. The molecule has 2 rings (SSSR count). The number of hydrogen-bond acceptors (Lipinski definition) is 2. The lowest BCUT2D eigenvalue weighted by atomic mass is 10.1. The van der Waals surface area contributed by atoms with Crippen molar-refractivity contribution in [2.75, 3.05) is 7.05 Å². The fourth-order valence-corrected chi connectivity index (χ4v) is 2.49. The Morgan fingerprint density at radius 3 is 2.55 bits per heavy atom. The Hall–Kier alpha value is -1.34. The number of aromatic nitrogens is 2. The molecule has 0 saturated carbocycles. The van der Waals surface area contributed by atoms with Gasteiger partial charge in [0.05, 0.1) is 17.4 Å². The highest BCUT2D eigenvalue weighted by Gasteiger charge is 2.32. The van der Waals surface area contributed by atoms with Gasteiger partial charge in [0, 0.05) is 16.7 Å². The van der Waals surface area contributed by atoms with Gasteiger partial charge in [-0.1, -0.05) is 22.0 Å². The largest absolute Gasteiger partial charge is 0.419 e. The van der Waals surface area contributed by atoms with Gasteiger partial charge < -0.3 is 5.32 Å². The molecular weight excluding hydrogens is 335 g/mol. The second kappa shape index (κ2) is 5.57. The third-order valence-corrected chi connectivity index (χ3v) is 3.74. The Morgan fingerprint density at radius 2 is 2.05 bits per heavy atom. The van der Waals surface area contributed by atoms with Gasteiger partial charge in [-0.25, -0.2) is 4.68 Å². The summed E-state index contributed by atoms with van der Waals surface area (Å²) in [4.78, 5) is 0. The van der Waals surface area contributed by atoms with Gasteiger partial charge >= 0.3 is 6.18 Å². The molecule has 0 radical (unpaired) electrons. The second-order valence-corrected chi connectivity index (χ2v) is 5.24. The quantitative estimate of drug-likeness (QED) is 0.911. The number of rotatable bonds is 3. The van der Waals surface area contributed by atoms with Crippen molar-refractivity contribution in [3.63, 3.8) is 0 Å². The molecule has 0 bridgehead atoms. The van der Waals surface area contributed by atoms with E-state index in [1.807, 2.05) is 20.0 Å². The predicted molar refractivity (Wildman–Crippen MR) is 73.7 cm³/mol. The molecular formula is C13H13BrF3N3. The molecule has 0 aliphatic rings. The minimum Gasteiger partial charge on any atom is -0.313 e. The molecule has 0 spiro atoms. The van der Waals surface area contributed by atoms with E-state index in [-0.39, 0.29) is 6.04 Å². The average molecular weight is 348 g/mol. The van der Waals surface area contributed by atoms with Crippen LogP contribution in [0, 0.1) is 0 Å². The van der Waals surface area contributed by atoms with Crippen molar-refractivity contribution in [1.29, 1.82) is 0 Å². The maximum atomic E-state index is 12.5. The number of alkyl halides is 3. The number of hydrogen-bond donors (Lipinski definition) is 1. The number of nitrogens with one attached hydrogen (secondary N) is 1. The number of halogens is 4. The minimum atomic E-state index is -4.38. The summed E-state index contributed by atoms with van der Waals surface area (Å²) in [5.41, 5.74) is 0.833. The van der Waals surface area contributed by atoms with Crippen LogP contribution in [0.25, 0.3) is 5.69 Å². The van der Waals surface area contributed by atoms with Crippen LogP contribution in [0.1, 0.15) is 24.1 Å². The lowest BCUT2D eigenvalue weighted by Crippen LogP contribution is -2.13. The Kier molecular flexibility index (Phi) is 4.19. The fraction of sp³-hybridized carbons (Fsp3) is 0.308. The van der Waals surface area contributed by atoms with Crippen molar-refractivity contribution in [3.8, 4) is 5.69 Å². The summed E-state index contributed by atoms with van der Waals surface area (Å²) in [7, 11) is 1.84. The van der Waals surface area contributed by atoms with E-state index in [0.717, 1.165) is 22.4 Å². The van der Waals surface area contributed by atoms with Crippen molar-refractivity contribution in [1.82, 2.24) is 15.1 Å². The van der Waals surface area contributed by atoms with Gasteiger partial charge in [-0.3, -0.25) is 0 Å². The van der Waals surface area contributed by atoms with Crippen LogP contribution in [-0.4, -0.2) is 16.8 Å². The molecule has 1 unspecified atom stereocenters. The van der Waals surface area contributed by atoms with E-state index in [0.29, 0.717) is 5.69 Å². The van der Waals surface area contributed by atoms with Gasteiger partial charge in [0.15, 0.2) is 0 Å². The van der Waals surface area contributed by atoms with Crippen molar-refractivity contribution in [2.24, 2.45) is 0 Å². The second-order valence-electron chi connectivity index (χ2n) is 4.39. The highest BCUT2D eigenvalue weighted by molar-refractivity contribution is 9.10. The smallest absolute Gasteiger partial charge is 0.313 e. The Balaban J connectivity index is 2.35. The first-order valence-electron chi connectivity index (χ1n) is 5.92. The summed E-state index contributed by atoms with van der Waals surface area (Å²) in [6, 6.07) is 5.48. The average Bonchev–Trinajstić information content (AvgIpc) is 2.87. The lowest BCUT2D eigenvalue weighted by Gasteiger charge is -2.13. The van der Waals surface area contributed by atoms with Crippen molar-refractivity contribution >= 4 is 15.9 Å². The van der Waals surface area contributed by atoms with Gasteiger partial charge in [-0.15, -0.1) is 0 Å². The summed E-state index contributed by atoms with van der Waals surface area (Å²) in [5, 5.41) is 6.85. The van der Waals surface area contributed by atoms with Crippen LogP contribution in [0.5, 0.6) is 0 Å². The van der Waals surface area contributed by atoms with Crippen LogP contribution < -0.4 is 5.32 Å². The van der Waals surface area contributed by atoms with E-state index in [1.165, 1.54) is 4.68 Å². The van der Waals surface area contributed by atoms with Crippen molar-refractivity contribution in [2.45, 2.75) is 19.1 Å². The van der Waals surface area contributed by atoms with Crippen LogP contribution in [0.2, 0.25) is 0 Å². The third kappa shape index (κ3) is 3.04. The summed E-state index contributed by atoms with van der Waals surface area (Å²) in [6.07, 6.45) is -2.59. The number of nitrogens with zero attached hydrogens (tertiary/aromatic N) is 2. The van der Waals surface area contributed by atoms with Crippen LogP contribution in [0.3, 0.4) is 0 Å². The molecule has 0 aliphatic heterocycles.